The first kappa shape index (κ1) is 33.2. The van der Waals surface area contributed by atoms with E-state index >= 15 is 0 Å². The number of aromatic nitrogens is 2. The third-order valence-electron chi connectivity index (χ3n) is 6.49. The monoisotopic (exact) mass is 652 g/mol. The lowest BCUT2D eigenvalue weighted by Gasteiger charge is -2.20. The highest BCUT2D eigenvalue weighted by Gasteiger charge is 2.51. The molecule has 4 heterocycles. The van der Waals surface area contributed by atoms with Gasteiger partial charge in [-0.15, -0.1) is 0 Å². The van der Waals surface area contributed by atoms with Crippen LogP contribution >= 0.6 is 15.6 Å². The molecule has 2 saturated heterocycles. The number of amides is 2. The molecule has 0 aliphatic carbocycles. The highest BCUT2D eigenvalue weighted by Crippen LogP contribution is 2.60. The Kier molecular flexibility index (Phi) is 10.1. The zero-order valence-electron chi connectivity index (χ0n) is 22.0. The molecule has 4 unspecified atom stereocenters. The number of primary amides is 2. The van der Waals surface area contributed by atoms with Crippen LogP contribution in [0.4, 0.5) is 0 Å². The number of hydrogen-bond donors (Lipinski definition) is 8. The number of nitrogens with zero attached hydrogens (tertiary/aromatic N) is 2. The molecule has 10 atom stereocenters. The normalized spacial score (nSPS) is 31.8. The molecule has 2 aliphatic rings. The van der Waals surface area contributed by atoms with E-state index in [-0.39, 0.29) is 11.1 Å². The smallest absolute Gasteiger partial charge is 0.387 e. The Morgan fingerprint density at radius 1 is 0.744 bits per heavy atom. The van der Waals surface area contributed by atoms with Gasteiger partial charge in [-0.3, -0.25) is 18.6 Å². The summed E-state index contributed by atoms with van der Waals surface area (Å²) in [4.78, 5) is 42.8. The van der Waals surface area contributed by atoms with E-state index in [2.05, 4.69) is 13.4 Å². The van der Waals surface area contributed by atoms with Gasteiger partial charge in [-0.2, -0.15) is 13.4 Å². The largest absolute Gasteiger partial charge is 0.481 e. The standard InChI is InChI=1S/C22H28N4O15P2/c23-19(31)11-3-1-5-25(7-11)21-17(29)15(27)13(39-21)9-37-42(33,34)41-43(35,36)38-10-14-16(28)18(30)22(40-14)26-6-2-4-12(8-26)20(24)32/h1-8,13-18,21-22,27-30H,9-10H2,(H4-2,23,24,31,32,33,34,35,36)/p+2/t13?,14?,15-,16-,17-,18-,21-,22-/m1/s1. The maximum atomic E-state index is 12.4. The average Bonchev–Trinajstić information content (AvgIpc) is 3.40. The zero-order chi connectivity index (χ0) is 31.7. The number of carbonyl (C=O) groups excluding carboxylic acids is 2. The van der Waals surface area contributed by atoms with Gasteiger partial charge in [-0.1, -0.05) is 0 Å². The summed E-state index contributed by atoms with van der Waals surface area (Å²) in [5.74, 6) is -1.54. The highest BCUT2D eigenvalue weighted by molar-refractivity contribution is 7.61. The van der Waals surface area contributed by atoms with Gasteiger partial charge >= 0.3 is 15.6 Å². The predicted molar refractivity (Wildman–Crippen MR) is 135 cm³/mol. The van der Waals surface area contributed by atoms with Crippen molar-refractivity contribution in [2.24, 2.45) is 11.5 Å². The summed E-state index contributed by atoms with van der Waals surface area (Å²) < 4.78 is 51.7. The summed E-state index contributed by atoms with van der Waals surface area (Å²) in [7, 11) is -10.7. The Labute approximate surface area is 242 Å². The Morgan fingerprint density at radius 3 is 1.47 bits per heavy atom. The van der Waals surface area contributed by atoms with Gasteiger partial charge in [0.2, 0.25) is 0 Å². The molecule has 0 aromatic carbocycles. The van der Waals surface area contributed by atoms with Crippen LogP contribution in [0.5, 0.6) is 0 Å². The molecular formula is C22H30N4O15P2+2. The van der Waals surface area contributed by atoms with Crippen LogP contribution in [-0.2, 0) is 32.0 Å². The van der Waals surface area contributed by atoms with Crippen molar-refractivity contribution in [1.82, 2.24) is 0 Å². The van der Waals surface area contributed by atoms with Gasteiger partial charge in [0.1, 0.15) is 35.5 Å². The molecule has 236 valence electrons. The lowest BCUT2D eigenvalue weighted by atomic mass is 10.1. The topological polar surface area (TPSA) is 296 Å². The lowest BCUT2D eigenvalue weighted by Crippen LogP contribution is -2.46. The fraction of sp³-hybridized carbons (Fsp3) is 0.455. The van der Waals surface area contributed by atoms with Gasteiger partial charge in [0.15, 0.2) is 37.0 Å². The molecule has 4 rings (SSSR count). The van der Waals surface area contributed by atoms with E-state index in [0.29, 0.717) is 0 Å². The number of aliphatic hydroxyl groups is 4. The number of ether oxygens (including phenoxy) is 2. The second-order valence-corrected chi connectivity index (χ2v) is 12.6. The minimum absolute atomic E-state index is 0.0658. The van der Waals surface area contributed by atoms with Crippen molar-refractivity contribution in [3.8, 4) is 0 Å². The fourth-order valence-corrected chi connectivity index (χ4v) is 6.42. The van der Waals surface area contributed by atoms with Gasteiger partial charge in [0.25, 0.3) is 24.3 Å². The first-order valence-corrected chi connectivity index (χ1v) is 15.4. The Hall–Kier alpha value is -2.74. The molecule has 2 fully saturated rings. The molecule has 43 heavy (non-hydrogen) atoms. The van der Waals surface area contributed by atoms with E-state index in [1.807, 2.05) is 0 Å². The van der Waals surface area contributed by atoms with Crippen LogP contribution in [0, 0.1) is 0 Å². The first-order valence-electron chi connectivity index (χ1n) is 12.4. The SMILES string of the molecule is NC(=O)c1ccc[n+]([C@@H]2OC(COP(=O)(O)OP(=O)(O)OCC3O[C@@H]([n+]4cccc(C(N)=O)c4)[C@H](O)[C@@H]3O)[C@@H](O)[C@H]2O)c1. The van der Waals surface area contributed by atoms with Crippen LogP contribution in [0.2, 0.25) is 0 Å². The predicted octanol–water partition coefficient (Wildman–Crippen LogP) is -3.35. The van der Waals surface area contributed by atoms with Crippen molar-refractivity contribution in [2.75, 3.05) is 13.2 Å². The van der Waals surface area contributed by atoms with Gasteiger partial charge in [0, 0.05) is 12.1 Å². The number of phosphoric acid groups is 2. The molecule has 0 saturated carbocycles. The van der Waals surface area contributed by atoms with Crippen LogP contribution in [0.1, 0.15) is 33.2 Å². The lowest BCUT2D eigenvalue weighted by molar-refractivity contribution is -0.766. The molecule has 2 amide bonds. The number of phosphoric ester groups is 2. The van der Waals surface area contributed by atoms with Crippen LogP contribution in [-0.4, -0.2) is 91.9 Å². The van der Waals surface area contributed by atoms with Gasteiger partial charge in [0.05, 0.1) is 13.2 Å². The van der Waals surface area contributed by atoms with Crippen molar-refractivity contribution in [2.45, 2.75) is 49.1 Å². The summed E-state index contributed by atoms with van der Waals surface area (Å²) in [6.45, 7) is -1.81. The third-order valence-corrected chi connectivity index (χ3v) is 9.09. The number of pyridine rings is 2. The summed E-state index contributed by atoms with van der Waals surface area (Å²) in [6.07, 6.45) is -6.57. The van der Waals surface area contributed by atoms with E-state index in [1.54, 1.807) is 0 Å². The summed E-state index contributed by atoms with van der Waals surface area (Å²) >= 11 is 0. The van der Waals surface area contributed by atoms with Crippen molar-refractivity contribution in [1.29, 1.82) is 0 Å². The number of nitrogens with two attached hydrogens (primary N) is 2. The van der Waals surface area contributed by atoms with Gasteiger partial charge in [-0.05, 0) is 12.1 Å². The zero-order valence-corrected chi connectivity index (χ0v) is 23.7. The van der Waals surface area contributed by atoms with E-state index in [1.165, 1.54) is 58.2 Å². The van der Waals surface area contributed by atoms with Crippen LogP contribution < -0.4 is 20.6 Å². The number of aliphatic hydroxyl groups excluding tert-OH is 4. The van der Waals surface area contributed by atoms with Crippen molar-refractivity contribution in [3.63, 3.8) is 0 Å². The summed E-state index contributed by atoms with van der Waals surface area (Å²) in [5.41, 5.74) is 10.6. The molecule has 2 aromatic heterocycles. The molecular weight excluding hydrogens is 622 g/mol. The van der Waals surface area contributed by atoms with Crippen molar-refractivity contribution < 1.29 is 80.9 Å². The molecule has 2 aromatic rings. The average molecular weight is 652 g/mol. The van der Waals surface area contributed by atoms with E-state index in [9.17, 15) is 48.9 Å². The molecule has 10 N–H and O–H groups in total. The maximum absolute atomic E-state index is 12.4. The van der Waals surface area contributed by atoms with E-state index < -0.39 is 89.8 Å². The quantitative estimate of drug-likeness (QED) is 0.0821. The number of hydrogen-bond acceptors (Lipinski definition) is 13. The first-order chi connectivity index (χ1) is 20.1. The highest BCUT2D eigenvalue weighted by atomic mass is 31.3. The summed E-state index contributed by atoms with van der Waals surface area (Å²) in [5, 5.41) is 41.3. The van der Waals surface area contributed by atoms with Crippen LogP contribution in [0.25, 0.3) is 0 Å². The maximum Gasteiger partial charge on any atom is 0.481 e. The molecule has 0 radical (unpaired) electrons. The van der Waals surface area contributed by atoms with Crippen molar-refractivity contribution >= 4 is 27.5 Å². The second kappa shape index (κ2) is 13.1. The van der Waals surface area contributed by atoms with Gasteiger partial charge in [-0.25, -0.2) is 9.13 Å². The Balaban J connectivity index is 1.31. The van der Waals surface area contributed by atoms with Crippen LogP contribution in [0.3, 0.4) is 0 Å². The van der Waals surface area contributed by atoms with Crippen LogP contribution in [0.15, 0.2) is 49.1 Å². The minimum atomic E-state index is -5.37. The Bertz CT molecular complexity index is 1340. The molecule has 0 spiro atoms. The van der Waals surface area contributed by atoms with E-state index in [4.69, 9.17) is 20.9 Å². The molecule has 0 bridgehead atoms. The number of rotatable bonds is 12. The number of carbonyl (C=O) groups is 2. The van der Waals surface area contributed by atoms with Crippen molar-refractivity contribution in [3.05, 3.63) is 60.2 Å². The fourth-order valence-electron chi connectivity index (χ4n) is 4.33. The minimum Gasteiger partial charge on any atom is -0.387 e. The Morgan fingerprint density at radius 2 is 1.12 bits per heavy atom. The molecule has 2 aliphatic heterocycles. The molecule has 21 heteroatoms. The van der Waals surface area contributed by atoms with Gasteiger partial charge < -0.3 is 51.2 Å². The van der Waals surface area contributed by atoms with E-state index in [0.717, 1.165) is 0 Å². The molecule has 19 nitrogen and oxygen atoms in total. The second-order valence-electron chi connectivity index (χ2n) is 9.51. The third kappa shape index (κ3) is 7.86. The summed E-state index contributed by atoms with van der Waals surface area (Å²) in [6, 6.07) is 5.65.